The largest absolute Gasteiger partial charge is 0.322 e. The van der Waals surface area contributed by atoms with E-state index in [1.165, 1.54) is 0 Å². The number of fused-ring (bicyclic) bond motifs is 1. The van der Waals surface area contributed by atoms with Gasteiger partial charge in [0.15, 0.2) is 5.82 Å². The molecule has 8 nitrogen and oxygen atoms in total. The highest BCUT2D eigenvalue weighted by Gasteiger charge is 2.34. The fraction of sp³-hybridized carbons (Fsp3) is 0.276. The number of aromatic nitrogens is 6. The maximum Gasteiger partial charge on any atom is 0.253 e. The quantitative estimate of drug-likeness (QED) is 0.304. The van der Waals surface area contributed by atoms with Crippen LogP contribution in [0.4, 0.5) is 0 Å². The molecule has 1 N–H and O–H groups in total. The lowest BCUT2D eigenvalue weighted by Crippen LogP contribution is -2.37. The fourth-order valence-electron chi connectivity index (χ4n) is 4.69. The van der Waals surface area contributed by atoms with Gasteiger partial charge >= 0.3 is 0 Å². The maximum atomic E-state index is 13.7. The van der Waals surface area contributed by atoms with Gasteiger partial charge in [0.05, 0.1) is 5.54 Å². The SMILES string of the molecule is Cc1ccc2cc([C@H](c3nnnn3C(C)(C)C)N(Cc3cccnc3)Cc3ccccc3Cl)c(=O)[nH]c2c1. The number of benzene rings is 2. The second-order valence-corrected chi connectivity index (χ2v) is 10.9. The first-order chi connectivity index (χ1) is 18.2. The van der Waals surface area contributed by atoms with Crippen LogP contribution in [0.5, 0.6) is 0 Å². The Morgan fingerprint density at radius 3 is 2.61 bits per heavy atom. The standard InChI is InChI=1S/C29H30ClN7O/c1-19-11-12-21-15-23(28(38)32-25(21)14-19)26(27-33-34-35-37(27)29(2,3)4)36(17-20-8-7-13-31-16-20)18-22-9-5-6-10-24(22)30/h5-16,26H,17-18H2,1-4H3,(H,32,38)/t26-/m1/s1. The van der Waals surface area contributed by atoms with Crippen LogP contribution in [0, 0.1) is 6.92 Å². The van der Waals surface area contributed by atoms with Crippen molar-refractivity contribution < 1.29 is 0 Å². The van der Waals surface area contributed by atoms with E-state index in [-0.39, 0.29) is 5.56 Å². The number of nitrogens with one attached hydrogen (secondary N) is 1. The number of nitrogens with zero attached hydrogens (tertiary/aromatic N) is 6. The first-order valence-electron chi connectivity index (χ1n) is 12.5. The van der Waals surface area contributed by atoms with Crippen LogP contribution in [-0.2, 0) is 18.6 Å². The molecule has 0 spiro atoms. The van der Waals surface area contributed by atoms with Gasteiger partial charge < -0.3 is 4.98 Å². The Labute approximate surface area is 226 Å². The second-order valence-electron chi connectivity index (χ2n) is 10.5. The van der Waals surface area contributed by atoms with Gasteiger partial charge in [-0.2, -0.15) is 0 Å². The van der Waals surface area contributed by atoms with Gasteiger partial charge in [0.25, 0.3) is 5.56 Å². The zero-order valence-corrected chi connectivity index (χ0v) is 22.6. The summed E-state index contributed by atoms with van der Waals surface area (Å²) in [6.45, 7) is 9.07. The Balaban J connectivity index is 1.74. The van der Waals surface area contributed by atoms with E-state index in [1.807, 2.05) is 94.6 Å². The van der Waals surface area contributed by atoms with Crippen molar-refractivity contribution in [3.05, 3.63) is 117 Å². The van der Waals surface area contributed by atoms with Crippen LogP contribution in [0.15, 0.2) is 77.9 Å². The second kappa shape index (κ2) is 10.5. The molecule has 0 unspecified atom stereocenters. The molecule has 3 heterocycles. The van der Waals surface area contributed by atoms with E-state index in [4.69, 9.17) is 11.6 Å². The molecule has 0 saturated carbocycles. The average Bonchev–Trinajstić information content (AvgIpc) is 3.37. The monoisotopic (exact) mass is 527 g/mol. The molecule has 0 bridgehead atoms. The Hall–Kier alpha value is -3.88. The molecule has 194 valence electrons. The van der Waals surface area contributed by atoms with E-state index < -0.39 is 11.6 Å². The van der Waals surface area contributed by atoms with Gasteiger partial charge in [0, 0.05) is 41.6 Å². The summed E-state index contributed by atoms with van der Waals surface area (Å²) in [5, 5.41) is 14.4. The number of halogens is 1. The molecule has 2 aromatic carbocycles. The van der Waals surface area contributed by atoms with Gasteiger partial charge in [0.1, 0.15) is 6.04 Å². The number of aryl methyl sites for hydroxylation is 1. The molecule has 0 aliphatic heterocycles. The van der Waals surface area contributed by atoms with E-state index in [0.717, 1.165) is 27.6 Å². The summed E-state index contributed by atoms with van der Waals surface area (Å²) in [6, 6.07) is 19.1. The number of pyridine rings is 2. The summed E-state index contributed by atoms with van der Waals surface area (Å²) < 4.78 is 1.79. The molecule has 0 saturated heterocycles. The normalized spacial score (nSPS) is 12.8. The lowest BCUT2D eigenvalue weighted by molar-refractivity contribution is 0.184. The molecule has 5 aromatic rings. The Kier molecular flexibility index (Phi) is 7.10. The van der Waals surface area contributed by atoms with Crippen molar-refractivity contribution in [2.24, 2.45) is 0 Å². The fourth-order valence-corrected chi connectivity index (χ4v) is 4.88. The van der Waals surface area contributed by atoms with Crippen molar-refractivity contribution in [1.82, 2.24) is 35.1 Å². The molecule has 0 aliphatic rings. The van der Waals surface area contributed by atoms with Crippen LogP contribution in [0.2, 0.25) is 5.02 Å². The third kappa shape index (κ3) is 5.37. The first kappa shape index (κ1) is 25.8. The molecule has 38 heavy (non-hydrogen) atoms. The molecule has 1 atom stereocenters. The summed E-state index contributed by atoms with van der Waals surface area (Å²) in [4.78, 5) is 23.3. The topological polar surface area (TPSA) is 92.6 Å². The molecule has 0 amide bonds. The first-order valence-corrected chi connectivity index (χ1v) is 12.9. The minimum absolute atomic E-state index is 0.188. The third-order valence-corrected chi connectivity index (χ3v) is 6.87. The van der Waals surface area contributed by atoms with E-state index in [0.29, 0.717) is 29.5 Å². The summed E-state index contributed by atoms with van der Waals surface area (Å²) in [5.74, 6) is 0.574. The van der Waals surface area contributed by atoms with Crippen molar-refractivity contribution in [3.8, 4) is 0 Å². The summed E-state index contributed by atoms with van der Waals surface area (Å²) in [5.41, 5.74) is 3.74. The zero-order chi connectivity index (χ0) is 26.9. The number of H-pyrrole nitrogens is 1. The van der Waals surface area contributed by atoms with Gasteiger partial charge in [-0.15, -0.1) is 5.10 Å². The van der Waals surface area contributed by atoms with Crippen LogP contribution in [-0.4, -0.2) is 35.1 Å². The van der Waals surface area contributed by atoms with Gasteiger partial charge in [-0.3, -0.25) is 14.7 Å². The van der Waals surface area contributed by atoms with E-state index in [1.54, 1.807) is 10.9 Å². The van der Waals surface area contributed by atoms with Crippen LogP contribution in [0.1, 0.15) is 54.9 Å². The minimum atomic E-state index is -0.574. The molecule has 5 rings (SSSR count). The Morgan fingerprint density at radius 2 is 1.87 bits per heavy atom. The molecule has 3 aromatic heterocycles. The lowest BCUT2D eigenvalue weighted by Gasteiger charge is -2.33. The minimum Gasteiger partial charge on any atom is -0.322 e. The Morgan fingerprint density at radius 1 is 1.05 bits per heavy atom. The average molecular weight is 528 g/mol. The van der Waals surface area contributed by atoms with Crippen LogP contribution in [0.3, 0.4) is 0 Å². The predicted octanol–water partition coefficient (Wildman–Crippen LogP) is 5.42. The highest BCUT2D eigenvalue weighted by atomic mass is 35.5. The van der Waals surface area contributed by atoms with Crippen molar-refractivity contribution in [2.45, 2.75) is 52.4 Å². The summed E-state index contributed by atoms with van der Waals surface area (Å²) in [6.07, 6.45) is 3.58. The predicted molar refractivity (Wildman–Crippen MR) is 149 cm³/mol. The Bertz CT molecular complexity index is 1620. The van der Waals surface area contributed by atoms with E-state index in [2.05, 4.69) is 30.4 Å². The highest BCUT2D eigenvalue weighted by molar-refractivity contribution is 6.31. The summed E-state index contributed by atoms with van der Waals surface area (Å²) >= 11 is 6.62. The molecule has 0 radical (unpaired) electrons. The van der Waals surface area contributed by atoms with Crippen LogP contribution < -0.4 is 5.56 Å². The smallest absolute Gasteiger partial charge is 0.253 e. The van der Waals surface area contributed by atoms with Crippen molar-refractivity contribution >= 4 is 22.5 Å². The van der Waals surface area contributed by atoms with Crippen molar-refractivity contribution in [1.29, 1.82) is 0 Å². The van der Waals surface area contributed by atoms with Gasteiger partial charge in [-0.1, -0.05) is 48.0 Å². The molecule has 0 fully saturated rings. The number of rotatable bonds is 7. The molecule has 9 heteroatoms. The van der Waals surface area contributed by atoms with Gasteiger partial charge in [0.2, 0.25) is 0 Å². The molecular formula is C29H30ClN7O. The van der Waals surface area contributed by atoms with Crippen molar-refractivity contribution in [3.63, 3.8) is 0 Å². The number of hydrogen-bond donors (Lipinski definition) is 1. The number of tetrazole rings is 1. The highest BCUT2D eigenvalue weighted by Crippen LogP contribution is 2.33. The lowest BCUT2D eigenvalue weighted by atomic mass is 10.00. The summed E-state index contributed by atoms with van der Waals surface area (Å²) in [7, 11) is 0. The van der Waals surface area contributed by atoms with Gasteiger partial charge in [-0.25, -0.2) is 4.68 Å². The van der Waals surface area contributed by atoms with Crippen molar-refractivity contribution in [2.75, 3.05) is 0 Å². The molecule has 0 aliphatic carbocycles. The maximum absolute atomic E-state index is 13.7. The van der Waals surface area contributed by atoms with E-state index in [9.17, 15) is 4.79 Å². The van der Waals surface area contributed by atoms with E-state index >= 15 is 0 Å². The number of hydrogen-bond acceptors (Lipinski definition) is 6. The molecular weight excluding hydrogens is 498 g/mol. The van der Waals surface area contributed by atoms with Crippen LogP contribution in [0.25, 0.3) is 10.9 Å². The van der Waals surface area contributed by atoms with Gasteiger partial charge in [-0.05, 0) is 84.5 Å². The number of aromatic amines is 1. The third-order valence-electron chi connectivity index (χ3n) is 6.50. The van der Waals surface area contributed by atoms with Crippen LogP contribution >= 0.6 is 11.6 Å². The zero-order valence-electron chi connectivity index (χ0n) is 21.9.